The Kier molecular flexibility index (Phi) is 4.63. The fourth-order valence-corrected chi connectivity index (χ4v) is 3.04. The Morgan fingerprint density at radius 2 is 1.90 bits per heavy atom. The molecule has 1 heterocycles. The number of pyridine rings is 1. The van der Waals surface area contributed by atoms with Gasteiger partial charge in [0.2, 0.25) is 0 Å². The van der Waals surface area contributed by atoms with Crippen LogP contribution in [-0.4, -0.2) is 18.1 Å². The maximum absolute atomic E-state index is 12.1. The molecule has 1 aromatic carbocycles. The Morgan fingerprint density at radius 3 is 2.48 bits per heavy atom. The molecule has 4 nitrogen and oxygen atoms in total. The first-order valence-corrected chi connectivity index (χ1v) is 7.32. The third-order valence-electron chi connectivity index (χ3n) is 3.50. The molecule has 0 radical (unpaired) electrons. The summed E-state index contributed by atoms with van der Waals surface area (Å²) in [7, 11) is 1.33. The second kappa shape index (κ2) is 6.26. The smallest absolute Gasteiger partial charge is 0.339 e. The Morgan fingerprint density at radius 1 is 1.29 bits per heavy atom. The molecule has 2 aromatic rings. The van der Waals surface area contributed by atoms with E-state index in [9.17, 15) is 9.59 Å². The number of hydrogen-bond donors (Lipinski definition) is 1. The van der Waals surface area contributed by atoms with Crippen molar-refractivity contribution in [2.75, 3.05) is 7.11 Å². The van der Waals surface area contributed by atoms with Crippen LogP contribution >= 0.6 is 15.9 Å². The zero-order valence-corrected chi connectivity index (χ0v) is 13.7. The minimum absolute atomic E-state index is 0.115. The summed E-state index contributed by atoms with van der Waals surface area (Å²) in [4.78, 5) is 26.8. The second-order valence-electron chi connectivity index (χ2n) is 4.81. The van der Waals surface area contributed by atoms with Crippen LogP contribution < -0.4 is 5.56 Å². The predicted octanol–water partition coefficient (Wildman–Crippen LogP) is 3.38. The molecule has 5 heteroatoms. The summed E-state index contributed by atoms with van der Waals surface area (Å²) in [5.41, 5.74) is 2.33. The average molecular weight is 350 g/mol. The minimum atomic E-state index is -0.456. The number of carbonyl (C=O) groups is 1. The van der Waals surface area contributed by atoms with Crippen molar-refractivity contribution in [2.45, 2.75) is 19.8 Å². The normalized spacial score (nSPS) is 12.0. The highest BCUT2D eigenvalue weighted by atomic mass is 79.9. The lowest BCUT2D eigenvalue weighted by atomic mass is 9.89. The number of methoxy groups -OCH3 is 1. The summed E-state index contributed by atoms with van der Waals surface area (Å²) < 4.78 is 5.22. The Labute approximate surface area is 131 Å². The van der Waals surface area contributed by atoms with Crippen LogP contribution in [0, 0.1) is 6.92 Å². The molecular formula is C16H16BrNO3. The highest BCUT2D eigenvalue weighted by Gasteiger charge is 2.25. The van der Waals surface area contributed by atoms with Crippen LogP contribution in [-0.2, 0) is 4.74 Å². The largest absolute Gasteiger partial charge is 0.465 e. The Bertz CT molecular complexity index is 722. The molecule has 0 saturated heterocycles. The Balaban J connectivity index is 2.72. The van der Waals surface area contributed by atoms with Gasteiger partial charge in [0.1, 0.15) is 0 Å². The van der Waals surface area contributed by atoms with E-state index in [2.05, 4.69) is 20.9 Å². The van der Waals surface area contributed by atoms with Crippen molar-refractivity contribution in [3.63, 3.8) is 0 Å². The van der Waals surface area contributed by atoms with Gasteiger partial charge in [-0.25, -0.2) is 4.79 Å². The molecule has 0 aliphatic heterocycles. The summed E-state index contributed by atoms with van der Waals surface area (Å²) in [5.74, 6) is -0.571. The van der Waals surface area contributed by atoms with E-state index < -0.39 is 5.97 Å². The van der Waals surface area contributed by atoms with Gasteiger partial charge >= 0.3 is 5.97 Å². The highest BCUT2D eigenvalue weighted by Crippen LogP contribution is 2.32. The summed E-state index contributed by atoms with van der Waals surface area (Å²) in [6.45, 7) is 3.65. The summed E-state index contributed by atoms with van der Waals surface area (Å²) in [6.07, 6.45) is 0. The van der Waals surface area contributed by atoms with Gasteiger partial charge in [-0.05, 0) is 34.0 Å². The molecule has 110 valence electrons. The number of ether oxygens (including phenoxy) is 1. The average Bonchev–Trinajstić information content (AvgIpc) is 2.50. The number of hydrogen-bond acceptors (Lipinski definition) is 3. The topological polar surface area (TPSA) is 59.2 Å². The van der Waals surface area contributed by atoms with E-state index in [0.717, 1.165) is 5.56 Å². The van der Waals surface area contributed by atoms with Gasteiger partial charge in [0.15, 0.2) is 0 Å². The molecule has 0 aliphatic rings. The van der Waals surface area contributed by atoms with Gasteiger partial charge in [-0.2, -0.15) is 0 Å². The molecule has 1 atom stereocenters. The van der Waals surface area contributed by atoms with E-state index >= 15 is 0 Å². The quantitative estimate of drug-likeness (QED) is 0.864. The fraction of sp³-hybridized carbons (Fsp3) is 0.250. The van der Waals surface area contributed by atoms with E-state index in [0.29, 0.717) is 21.3 Å². The molecule has 1 N–H and O–H groups in total. The van der Waals surface area contributed by atoms with E-state index in [1.807, 2.05) is 37.3 Å². The summed E-state index contributed by atoms with van der Waals surface area (Å²) in [5, 5.41) is 0. The van der Waals surface area contributed by atoms with Crippen LogP contribution in [0.2, 0.25) is 0 Å². The predicted molar refractivity (Wildman–Crippen MR) is 84.8 cm³/mol. The number of benzene rings is 1. The zero-order chi connectivity index (χ0) is 15.6. The van der Waals surface area contributed by atoms with Crippen molar-refractivity contribution >= 4 is 21.9 Å². The molecule has 0 amide bonds. The van der Waals surface area contributed by atoms with Gasteiger partial charge < -0.3 is 9.72 Å². The second-order valence-corrected chi connectivity index (χ2v) is 5.60. The number of H-pyrrole nitrogens is 1. The van der Waals surface area contributed by atoms with E-state index in [1.54, 1.807) is 6.92 Å². The molecular weight excluding hydrogens is 334 g/mol. The number of aromatic nitrogens is 1. The maximum Gasteiger partial charge on any atom is 0.339 e. The number of rotatable bonds is 3. The SMILES string of the molecule is COC(=O)c1c(C)[nH]c(=O)c(Br)c1[C@H](C)c1ccccc1. The molecule has 0 saturated carbocycles. The molecule has 0 bridgehead atoms. The monoisotopic (exact) mass is 349 g/mol. The third-order valence-corrected chi connectivity index (χ3v) is 4.29. The lowest BCUT2D eigenvalue weighted by molar-refractivity contribution is 0.0597. The van der Waals surface area contributed by atoms with Gasteiger partial charge in [-0.3, -0.25) is 4.79 Å². The molecule has 0 unspecified atom stereocenters. The van der Waals surface area contributed by atoms with Gasteiger partial charge in [-0.15, -0.1) is 0 Å². The molecule has 1 aromatic heterocycles. The Hall–Kier alpha value is -1.88. The van der Waals surface area contributed by atoms with E-state index in [4.69, 9.17) is 4.74 Å². The zero-order valence-electron chi connectivity index (χ0n) is 12.1. The number of aryl methyl sites for hydroxylation is 1. The number of carbonyl (C=O) groups excluding carboxylic acids is 1. The van der Waals surface area contributed by atoms with Crippen LogP contribution in [0.25, 0.3) is 0 Å². The lowest BCUT2D eigenvalue weighted by Gasteiger charge is -2.19. The van der Waals surface area contributed by atoms with Gasteiger partial charge in [0.25, 0.3) is 5.56 Å². The maximum atomic E-state index is 12.1. The van der Waals surface area contributed by atoms with E-state index in [1.165, 1.54) is 7.11 Å². The van der Waals surface area contributed by atoms with E-state index in [-0.39, 0.29) is 11.5 Å². The molecule has 0 spiro atoms. The number of nitrogens with one attached hydrogen (secondary N) is 1. The van der Waals surface area contributed by atoms with Gasteiger partial charge in [0, 0.05) is 11.6 Å². The summed E-state index contributed by atoms with van der Waals surface area (Å²) in [6, 6.07) is 9.72. The third kappa shape index (κ3) is 2.93. The number of esters is 1. The van der Waals surface area contributed by atoms with Gasteiger partial charge in [0.05, 0.1) is 17.1 Å². The van der Waals surface area contributed by atoms with Crippen LogP contribution in [0.3, 0.4) is 0 Å². The lowest BCUT2D eigenvalue weighted by Crippen LogP contribution is -2.20. The molecule has 21 heavy (non-hydrogen) atoms. The van der Waals surface area contributed by atoms with Gasteiger partial charge in [-0.1, -0.05) is 37.3 Å². The fourth-order valence-electron chi connectivity index (χ4n) is 2.40. The van der Waals surface area contributed by atoms with Crippen molar-refractivity contribution in [1.29, 1.82) is 0 Å². The van der Waals surface area contributed by atoms with Crippen molar-refractivity contribution in [2.24, 2.45) is 0 Å². The minimum Gasteiger partial charge on any atom is -0.465 e. The molecule has 2 rings (SSSR count). The molecule has 0 aliphatic carbocycles. The highest BCUT2D eigenvalue weighted by molar-refractivity contribution is 9.10. The first-order valence-electron chi connectivity index (χ1n) is 6.52. The molecule has 0 fully saturated rings. The first kappa shape index (κ1) is 15.5. The van der Waals surface area contributed by atoms with Crippen LogP contribution in [0.4, 0.5) is 0 Å². The summed E-state index contributed by atoms with van der Waals surface area (Å²) >= 11 is 3.31. The van der Waals surface area contributed by atoms with Crippen LogP contribution in [0.1, 0.15) is 40.0 Å². The number of aromatic amines is 1. The van der Waals surface area contributed by atoms with Crippen molar-refractivity contribution in [3.8, 4) is 0 Å². The van der Waals surface area contributed by atoms with Crippen molar-refractivity contribution in [3.05, 3.63) is 67.5 Å². The number of halogens is 1. The standard InChI is InChI=1S/C16H16BrNO3/c1-9(11-7-5-4-6-8-11)12-13(16(20)21-3)10(2)18-15(19)14(12)17/h4-9H,1-3H3,(H,18,19)/t9-/m1/s1. The van der Waals surface area contributed by atoms with Crippen LogP contribution in [0.15, 0.2) is 39.6 Å². The first-order chi connectivity index (χ1) is 9.97. The van der Waals surface area contributed by atoms with Crippen molar-refractivity contribution in [1.82, 2.24) is 4.98 Å². The van der Waals surface area contributed by atoms with Crippen molar-refractivity contribution < 1.29 is 9.53 Å². The van der Waals surface area contributed by atoms with Crippen LogP contribution in [0.5, 0.6) is 0 Å².